The van der Waals surface area contributed by atoms with Crippen molar-refractivity contribution in [3.05, 3.63) is 89.5 Å². The van der Waals surface area contributed by atoms with Gasteiger partial charge in [-0.1, -0.05) is 49.4 Å². The molecule has 4 heteroatoms. The van der Waals surface area contributed by atoms with Crippen LogP contribution in [0.5, 0.6) is 5.75 Å². The van der Waals surface area contributed by atoms with Gasteiger partial charge in [-0.25, -0.2) is 0 Å². The van der Waals surface area contributed by atoms with Gasteiger partial charge in [-0.05, 0) is 56.2 Å². The molecule has 0 aliphatic carbocycles. The Bertz CT molecular complexity index is 1010. The molecule has 1 amide bonds. The summed E-state index contributed by atoms with van der Waals surface area (Å²) in [7, 11) is 0. The van der Waals surface area contributed by atoms with E-state index in [1.807, 2.05) is 79.4 Å². The monoisotopic (exact) mass is 386 g/mol. The molecule has 1 aliphatic rings. The number of nitrogens with zero attached hydrogens (tertiary/aromatic N) is 1. The smallest absolute Gasteiger partial charge is 0.262 e. The fraction of sp³-hybridized carbons (Fsp3) is 0.240. The zero-order valence-electron chi connectivity index (χ0n) is 17.1. The van der Waals surface area contributed by atoms with Gasteiger partial charge in [0.05, 0.1) is 11.7 Å². The molecule has 1 N–H and O–H groups in total. The van der Waals surface area contributed by atoms with E-state index in [1.54, 1.807) is 0 Å². The van der Waals surface area contributed by atoms with Gasteiger partial charge in [0.1, 0.15) is 11.9 Å². The van der Waals surface area contributed by atoms with Crippen molar-refractivity contribution < 1.29 is 9.53 Å². The van der Waals surface area contributed by atoms with Gasteiger partial charge in [0.15, 0.2) is 0 Å². The van der Waals surface area contributed by atoms with Crippen molar-refractivity contribution in [2.75, 3.05) is 10.2 Å². The van der Waals surface area contributed by atoms with Crippen molar-refractivity contribution in [1.82, 2.24) is 0 Å². The van der Waals surface area contributed by atoms with Crippen LogP contribution in [0.3, 0.4) is 0 Å². The van der Waals surface area contributed by atoms with E-state index < -0.39 is 0 Å². The Morgan fingerprint density at radius 2 is 1.66 bits per heavy atom. The number of carbonyl (C=O) groups is 1. The quantitative estimate of drug-likeness (QED) is 0.602. The van der Waals surface area contributed by atoms with E-state index in [-0.39, 0.29) is 18.2 Å². The summed E-state index contributed by atoms with van der Waals surface area (Å²) in [5.74, 6) is 0.760. The molecule has 0 aromatic heterocycles. The molecule has 0 saturated heterocycles. The predicted molar refractivity (Wildman–Crippen MR) is 118 cm³/mol. The third kappa shape index (κ3) is 3.70. The first kappa shape index (κ1) is 19.1. The minimum atomic E-state index is -0.361. The Morgan fingerprint density at radius 1 is 0.966 bits per heavy atom. The molecule has 0 spiro atoms. The molecule has 1 aliphatic heterocycles. The summed E-state index contributed by atoms with van der Waals surface area (Å²) in [5, 5.41) is 3.56. The van der Waals surface area contributed by atoms with Crippen LogP contribution in [0.2, 0.25) is 0 Å². The van der Waals surface area contributed by atoms with Crippen LogP contribution in [-0.4, -0.2) is 12.0 Å². The van der Waals surface area contributed by atoms with E-state index in [2.05, 4.69) is 24.4 Å². The molecular formula is C25H26N2O2. The van der Waals surface area contributed by atoms with Crippen molar-refractivity contribution in [2.24, 2.45) is 0 Å². The SMILES string of the molecule is CCc1ccc(N2C(=O)c3ccccc3NC2c2ccccc2OC(C)C)cc1. The highest BCUT2D eigenvalue weighted by Crippen LogP contribution is 2.39. The summed E-state index contributed by atoms with van der Waals surface area (Å²) >= 11 is 0. The first-order valence-electron chi connectivity index (χ1n) is 10.1. The van der Waals surface area contributed by atoms with Crippen LogP contribution in [0.15, 0.2) is 72.8 Å². The van der Waals surface area contributed by atoms with Gasteiger partial charge in [-0.2, -0.15) is 0 Å². The number of benzene rings is 3. The number of nitrogens with one attached hydrogen (secondary N) is 1. The average Bonchev–Trinajstić information content (AvgIpc) is 2.74. The second-order valence-corrected chi connectivity index (χ2v) is 7.49. The summed E-state index contributed by atoms with van der Waals surface area (Å²) < 4.78 is 6.06. The first-order chi connectivity index (χ1) is 14.1. The van der Waals surface area contributed by atoms with E-state index in [9.17, 15) is 4.79 Å². The number of amides is 1. The standard InChI is InChI=1S/C25H26N2O2/c1-4-18-13-15-19(16-14-18)27-24(21-10-6-8-12-23(21)29-17(2)3)26-22-11-7-5-9-20(22)25(27)28/h5-17,24,26H,4H2,1-3H3. The highest BCUT2D eigenvalue weighted by Gasteiger charge is 2.35. The fourth-order valence-corrected chi connectivity index (χ4v) is 3.70. The number of hydrogen-bond donors (Lipinski definition) is 1. The summed E-state index contributed by atoms with van der Waals surface area (Å²) in [5.41, 5.74) is 4.54. The maximum Gasteiger partial charge on any atom is 0.262 e. The third-order valence-corrected chi connectivity index (χ3v) is 5.13. The van der Waals surface area contributed by atoms with E-state index in [0.717, 1.165) is 29.1 Å². The van der Waals surface area contributed by atoms with Crippen LogP contribution in [0.1, 0.15) is 48.4 Å². The largest absolute Gasteiger partial charge is 0.491 e. The third-order valence-electron chi connectivity index (χ3n) is 5.13. The minimum Gasteiger partial charge on any atom is -0.491 e. The van der Waals surface area contributed by atoms with E-state index in [4.69, 9.17) is 4.74 Å². The van der Waals surface area contributed by atoms with Crippen LogP contribution in [0.25, 0.3) is 0 Å². The van der Waals surface area contributed by atoms with E-state index in [0.29, 0.717) is 5.56 Å². The molecule has 4 rings (SSSR count). The molecule has 3 aromatic carbocycles. The summed E-state index contributed by atoms with van der Waals surface area (Å²) in [6.07, 6.45) is 0.643. The van der Waals surface area contributed by atoms with Crippen molar-refractivity contribution >= 4 is 17.3 Å². The van der Waals surface area contributed by atoms with E-state index in [1.165, 1.54) is 5.56 Å². The Labute approximate surface area is 172 Å². The number of aryl methyl sites for hydroxylation is 1. The molecule has 148 valence electrons. The fourth-order valence-electron chi connectivity index (χ4n) is 3.70. The van der Waals surface area contributed by atoms with Crippen molar-refractivity contribution in [2.45, 2.75) is 39.5 Å². The molecule has 1 unspecified atom stereocenters. The Morgan fingerprint density at radius 3 is 2.38 bits per heavy atom. The van der Waals surface area contributed by atoms with Gasteiger partial charge in [0.2, 0.25) is 0 Å². The maximum atomic E-state index is 13.5. The van der Waals surface area contributed by atoms with Gasteiger partial charge >= 0.3 is 0 Å². The maximum absolute atomic E-state index is 13.5. The summed E-state index contributed by atoms with van der Waals surface area (Å²) in [6, 6.07) is 23.8. The van der Waals surface area contributed by atoms with Gasteiger partial charge in [-0.3, -0.25) is 9.69 Å². The number of anilines is 2. The molecule has 4 nitrogen and oxygen atoms in total. The second kappa shape index (κ2) is 8.00. The lowest BCUT2D eigenvalue weighted by Crippen LogP contribution is -2.43. The lowest BCUT2D eigenvalue weighted by Gasteiger charge is -2.38. The average molecular weight is 386 g/mol. The molecular weight excluding hydrogens is 360 g/mol. The number of para-hydroxylation sites is 2. The highest BCUT2D eigenvalue weighted by molar-refractivity contribution is 6.12. The second-order valence-electron chi connectivity index (χ2n) is 7.49. The number of carbonyl (C=O) groups excluding carboxylic acids is 1. The zero-order valence-corrected chi connectivity index (χ0v) is 17.1. The Kier molecular flexibility index (Phi) is 5.26. The zero-order chi connectivity index (χ0) is 20.4. The molecule has 3 aromatic rings. The molecule has 0 fully saturated rings. The van der Waals surface area contributed by atoms with Crippen LogP contribution >= 0.6 is 0 Å². The lowest BCUT2D eigenvalue weighted by atomic mass is 10.0. The molecule has 0 bridgehead atoms. The van der Waals surface area contributed by atoms with Gasteiger partial charge in [-0.15, -0.1) is 0 Å². The van der Waals surface area contributed by atoms with E-state index >= 15 is 0 Å². The Hall–Kier alpha value is -3.27. The van der Waals surface area contributed by atoms with Crippen LogP contribution in [0, 0.1) is 0 Å². The first-order valence-corrected chi connectivity index (χ1v) is 10.1. The topological polar surface area (TPSA) is 41.6 Å². The number of rotatable bonds is 5. The molecule has 29 heavy (non-hydrogen) atoms. The van der Waals surface area contributed by atoms with Crippen LogP contribution < -0.4 is 15.0 Å². The van der Waals surface area contributed by atoms with Gasteiger partial charge in [0, 0.05) is 16.9 Å². The van der Waals surface area contributed by atoms with Gasteiger partial charge < -0.3 is 10.1 Å². The summed E-state index contributed by atoms with van der Waals surface area (Å²) in [6.45, 7) is 6.14. The lowest BCUT2D eigenvalue weighted by molar-refractivity contribution is 0.0974. The minimum absolute atomic E-state index is 0.0204. The Balaban J connectivity index is 1.84. The normalized spacial score (nSPS) is 15.8. The highest BCUT2D eigenvalue weighted by atomic mass is 16.5. The van der Waals surface area contributed by atoms with Gasteiger partial charge in [0.25, 0.3) is 5.91 Å². The molecule has 0 saturated carbocycles. The molecule has 1 heterocycles. The van der Waals surface area contributed by atoms with Crippen molar-refractivity contribution in [3.63, 3.8) is 0 Å². The van der Waals surface area contributed by atoms with Crippen molar-refractivity contribution in [1.29, 1.82) is 0 Å². The number of fused-ring (bicyclic) bond motifs is 1. The van der Waals surface area contributed by atoms with Crippen LogP contribution in [-0.2, 0) is 6.42 Å². The summed E-state index contributed by atoms with van der Waals surface area (Å²) in [4.78, 5) is 15.4. The predicted octanol–water partition coefficient (Wildman–Crippen LogP) is 5.81. The molecule has 0 radical (unpaired) electrons. The van der Waals surface area contributed by atoms with Crippen LogP contribution in [0.4, 0.5) is 11.4 Å². The number of hydrogen-bond acceptors (Lipinski definition) is 3. The number of ether oxygens (including phenoxy) is 1. The van der Waals surface area contributed by atoms with Crippen molar-refractivity contribution in [3.8, 4) is 5.75 Å². The molecule has 1 atom stereocenters.